The number of hydrogen-bond donors (Lipinski definition) is 0. The van der Waals surface area contributed by atoms with E-state index in [1.54, 1.807) is 18.3 Å². The van der Waals surface area contributed by atoms with Crippen molar-refractivity contribution in [1.29, 1.82) is 0 Å². The molecule has 0 saturated carbocycles. The molecule has 5 rings (SSSR count). The minimum Gasteiger partial charge on any atom is -0.619 e. The number of amides is 1. The number of fused-ring (bicyclic) bond motifs is 2. The number of aryl methyl sites for hydroxylation is 2. The maximum absolute atomic E-state index is 13.2. The zero-order valence-electron chi connectivity index (χ0n) is 18.8. The third-order valence-electron chi connectivity index (χ3n) is 6.75. The van der Waals surface area contributed by atoms with Gasteiger partial charge in [-0.15, -0.1) is 0 Å². The van der Waals surface area contributed by atoms with Crippen LogP contribution in [0.1, 0.15) is 34.0 Å². The molecule has 1 aliphatic carbocycles. The molecule has 182 valence electrons. The lowest BCUT2D eigenvalue weighted by molar-refractivity contribution is -0.617. The van der Waals surface area contributed by atoms with Gasteiger partial charge in [0.25, 0.3) is 0 Å². The van der Waals surface area contributed by atoms with Crippen molar-refractivity contribution >= 4 is 49.4 Å². The van der Waals surface area contributed by atoms with Crippen LogP contribution in [0.5, 0.6) is 0 Å². The zero-order chi connectivity index (χ0) is 24.7. The number of carbonyl (C=O) groups excluding carboxylic acids is 1. The molecule has 10 heteroatoms. The second-order valence-corrected chi connectivity index (χ2v) is 11.1. The predicted molar refractivity (Wildman–Crippen MR) is 139 cm³/mol. The SMILES string of the molecule is O=C(Cc1cc[n+]([O-])cc1)N1CCN(C2c3c(Br)cc(Cl)cc3CCc3cc(Br)c[n+]([O-])c32)CC1. The molecule has 1 fully saturated rings. The Hall–Kier alpha value is -2.20. The van der Waals surface area contributed by atoms with Crippen LogP contribution in [-0.4, -0.2) is 41.9 Å². The highest BCUT2D eigenvalue weighted by molar-refractivity contribution is 9.10. The lowest BCUT2D eigenvalue weighted by Crippen LogP contribution is -2.52. The van der Waals surface area contributed by atoms with Crippen molar-refractivity contribution in [3.8, 4) is 0 Å². The summed E-state index contributed by atoms with van der Waals surface area (Å²) < 4.78 is 3.34. The molecule has 3 aromatic rings. The number of nitrogens with zero attached hydrogens (tertiary/aromatic N) is 4. The standard InChI is InChI=1S/C25H23Br2ClN4O3/c26-19-12-18-2-1-17-13-20(28)14-21(27)23(17)25(24(18)32(35)15-19)30-9-7-29(8-10-30)22(33)11-16-3-5-31(34)6-4-16/h3-6,12-15,25H,1-2,7-11H2. The molecule has 2 aliphatic rings. The molecule has 1 atom stereocenters. The Labute approximate surface area is 225 Å². The maximum atomic E-state index is 13.2. The molecular formula is C25H23Br2ClN4O3. The highest BCUT2D eigenvalue weighted by atomic mass is 79.9. The maximum Gasteiger partial charge on any atom is 0.227 e. The first-order valence-corrected chi connectivity index (χ1v) is 13.4. The summed E-state index contributed by atoms with van der Waals surface area (Å²) in [6.07, 6.45) is 6.16. The normalized spacial score (nSPS) is 18.0. The molecule has 1 aromatic carbocycles. The fourth-order valence-corrected chi connectivity index (χ4v) is 6.64. The third-order valence-corrected chi connectivity index (χ3v) is 8.06. The lowest BCUT2D eigenvalue weighted by Gasteiger charge is -2.39. The van der Waals surface area contributed by atoms with Gasteiger partial charge in [0.2, 0.25) is 11.6 Å². The monoisotopic (exact) mass is 620 g/mol. The molecule has 7 nitrogen and oxygen atoms in total. The Bertz CT molecular complexity index is 1220. The predicted octanol–water partition coefficient (Wildman–Crippen LogP) is 3.71. The Kier molecular flexibility index (Phi) is 7.03. The molecule has 0 radical (unpaired) electrons. The molecular weight excluding hydrogens is 600 g/mol. The van der Waals surface area contributed by atoms with E-state index in [2.05, 4.69) is 36.8 Å². The lowest BCUT2D eigenvalue weighted by atomic mass is 9.96. The van der Waals surface area contributed by atoms with E-state index in [0.717, 1.165) is 54.5 Å². The van der Waals surface area contributed by atoms with Crippen LogP contribution in [-0.2, 0) is 24.1 Å². The summed E-state index contributed by atoms with van der Waals surface area (Å²) in [5, 5.41) is 25.1. The van der Waals surface area contributed by atoms with Gasteiger partial charge in [-0.2, -0.15) is 9.46 Å². The number of halogens is 3. The van der Waals surface area contributed by atoms with Gasteiger partial charge in [0, 0.05) is 53.4 Å². The average Bonchev–Trinajstić information content (AvgIpc) is 2.98. The van der Waals surface area contributed by atoms with Crippen LogP contribution in [0.4, 0.5) is 0 Å². The zero-order valence-corrected chi connectivity index (χ0v) is 22.7. The fourth-order valence-electron chi connectivity index (χ4n) is 5.09. The van der Waals surface area contributed by atoms with Crippen molar-refractivity contribution in [2.75, 3.05) is 26.2 Å². The minimum atomic E-state index is -0.251. The summed E-state index contributed by atoms with van der Waals surface area (Å²) in [7, 11) is 0. The molecule has 3 heterocycles. The van der Waals surface area contributed by atoms with Crippen molar-refractivity contribution in [3.63, 3.8) is 0 Å². The van der Waals surface area contributed by atoms with E-state index >= 15 is 0 Å². The number of rotatable bonds is 3. The molecule has 1 aliphatic heterocycles. The molecule has 35 heavy (non-hydrogen) atoms. The molecule has 0 spiro atoms. The van der Waals surface area contributed by atoms with Gasteiger partial charge in [0.05, 0.1) is 10.9 Å². The molecule has 1 saturated heterocycles. The van der Waals surface area contributed by atoms with Crippen molar-refractivity contribution in [1.82, 2.24) is 9.80 Å². The van der Waals surface area contributed by atoms with Gasteiger partial charge in [-0.1, -0.05) is 27.5 Å². The van der Waals surface area contributed by atoms with Crippen LogP contribution in [0.25, 0.3) is 0 Å². The highest BCUT2D eigenvalue weighted by Gasteiger charge is 2.38. The number of aromatic nitrogens is 2. The minimum absolute atomic E-state index is 0.0331. The molecule has 1 amide bonds. The van der Waals surface area contributed by atoms with Crippen LogP contribution in [0, 0.1) is 10.4 Å². The van der Waals surface area contributed by atoms with E-state index in [-0.39, 0.29) is 18.4 Å². The molecule has 0 bridgehead atoms. The van der Waals surface area contributed by atoms with Crippen LogP contribution in [0.2, 0.25) is 5.02 Å². The quantitative estimate of drug-likeness (QED) is 0.330. The van der Waals surface area contributed by atoms with Crippen molar-refractivity contribution in [3.05, 3.63) is 101 Å². The summed E-state index contributed by atoms with van der Waals surface area (Å²) in [6, 6.07) is 9.01. The van der Waals surface area contributed by atoms with E-state index in [4.69, 9.17) is 11.6 Å². The first-order valence-electron chi connectivity index (χ1n) is 11.4. The smallest absolute Gasteiger partial charge is 0.227 e. The van der Waals surface area contributed by atoms with E-state index in [0.29, 0.717) is 35.9 Å². The third kappa shape index (κ3) is 5.05. The van der Waals surface area contributed by atoms with Gasteiger partial charge >= 0.3 is 0 Å². The van der Waals surface area contributed by atoms with Crippen molar-refractivity contribution in [2.24, 2.45) is 0 Å². The Morgan fingerprint density at radius 2 is 1.71 bits per heavy atom. The van der Waals surface area contributed by atoms with Crippen molar-refractivity contribution in [2.45, 2.75) is 25.3 Å². The number of pyridine rings is 2. The first kappa shape index (κ1) is 24.5. The van der Waals surface area contributed by atoms with Crippen LogP contribution in [0.3, 0.4) is 0 Å². The highest BCUT2D eigenvalue weighted by Crippen LogP contribution is 2.41. The summed E-state index contributed by atoms with van der Waals surface area (Å²) in [6.45, 7) is 2.40. The summed E-state index contributed by atoms with van der Waals surface area (Å²) in [5.41, 5.74) is 4.74. The van der Waals surface area contributed by atoms with Gasteiger partial charge in [-0.05, 0) is 63.7 Å². The Morgan fingerprint density at radius 1 is 1.03 bits per heavy atom. The number of carbonyl (C=O) groups is 1. The topological polar surface area (TPSA) is 77.4 Å². The largest absolute Gasteiger partial charge is 0.619 e. The van der Waals surface area contributed by atoms with Gasteiger partial charge < -0.3 is 15.3 Å². The van der Waals surface area contributed by atoms with E-state index in [1.165, 1.54) is 12.4 Å². The fraction of sp³-hybridized carbons (Fsp3) is 0.320. The van der Waals surface area contributed by atoms with Gasteiger partial charge in [-0.3, -0.25) is 9.69 Å². The van der Waals surface area contributed by atoms with Crippen LogP contribution in [0.15, 0.2) is 57.9 Å². The second kappa shape index (κ2) is 10.0. The average molecular weight is 623 g/mol. The molecule has 2 aromatic heterocycles. The van der Waals surface area contributed by atoms with Crippen molar-refractivity contribution < 1.29 is 14.3 Å². The molecule has 0 N–H and O–H groups in total. The second-order valence-electron chi connectivity index (χ2n) is 8.92. The first-order chi connectivity index (χ1) is 16.8. The van der Waals surface area contributed by atoms with Gasteiger partial charge in [0.1, 0.15) is 6.04 Å². The van der Waals surface area contributed by atoms with E-state index in [1.807, 2.05) is 23.1 Å². The van der Waals surface area contributed by atoms with Crippen LogP contribution >= 0.6 is 43.5 Å². The summed E-state index contributed by atoms with van der Waals surface area (Å²) in [4.78, 5) is 17.1. The van der Waals surface area contributed by atoms with E-state index < -0.39 is 0 Å². The van der Waals surface area contributed by atoms with Gasteiger partial charge in [0.15, 0.2) is 18.6 Å². The number of hydrogen-bond acceptors (Lipinski definition) is 4. The number of benzene rings is 1. The summed E-state index contributed by atoms with van der Waals surface area (Å²) in [5.74, 6) is 0.0331. The van der Waals surface area contributed by atoms with Gasteiger partial charge in [-0.25, -0.2) is 0 Å². The Morgan fingerprint density at radius 3 is 2.43 bits per heavy atom. The van der Waals surface area contributed by atoms with Crippen LogP contribution < -0.4 is 9.46 Å². The Balaban J connectivity index is 1.43. The van der Waals surface area contributed by atoms with E-state index in [9.17, 15) is 15.2 Å². The summed E-state index contributed by atoms with van der Waals surface area (Å²) >= 11 is 13.6. The molecule has 1 unspecified atom stereocenters. The number of piperazine rings is 1.